The Bertz CT molecular complexity index is 16.3. The van der Waals surface area contributed by atoms with Gasteiger partial charge < -0.3 is 2.85 Å². The number of rotatable bonds is 0. The molecule has 0 rings (SSSR count). The van der Waals surface area contributed by atoms with E-state index >= 15 is 0 Å². The van der Waals surface area contributed by atoms with Crippen molar-refractivity contribution in [2.45, 2.75) is 0 Å². The standard InChI is InChI=1S/C2H6N.Al.2H/c1-3-2;;;/h1-2H3;;;/q-1;+3;2*-1. The maximum absolute atomic E-state index is 2.49. The molecule has 0 saturated heterocycles. The fourth-order valence-electron chi connectivity index (χ4n) is 0. The fourth-order valence-corrected chi connectivity index (χ4v) is 0. The van der Waals surface area contributed by atoms with Crippen LogP contribution in [0.3, 0.4) is 0 Å². The molecular weight excluding hydrogens is 65.0 g/mol. The Kier molecular flexibility index (Phi) is 2.00. The Hall–Kier alpha value is 0.492. The molecule has 0 spiro atoms. The average Bonchev–Trinajstić information content (AvgIpc) is 0.811. The summed E-state index contributed by atoms with van der Waals surface area (Å²) < 4.78 is 1.92. The Morgan fingerprint density at radius 1 is 1.75 bits per heavy atom. The van der Waals surface area contributed by atoms with Crippen molar-refractivity contribution < 1.29 is 2.85 Å². The van der Waals surface area contributed by atoms with Crippen molar-refractivity contribution in [3.8, 4) is 0 Å². The van der Waals surface area contributed by atoms with E-state index in [-0.39, 0.29) is 2.85 Å². The van der Waals surface area contributed by atoms with Crippen LogP contribution in [0.5, 0.6) is 0 Å². The second-order valence-corrected chi connectivity index (χ2v) is 2.00. The second kappa shape index (κ2) is 1.78. The van der Waals surface area contributed by atoms with Crippen LogP contribution in [-0.2, 0) is 0 Å². The summed E-state index contributed by atoms with van der Waals surface area (Å²) >= 11 is 2.49. The summed E-state index contributed by atoms with van der Waals surface area (Å²) in [6.07, 6.45) is 0. The smallest absolute Gasteiger partial charge is 1.00 e. The summed E-state index contributed by atoms with van der Waals surface area (Å²) in [5, 5.41) is 0. The molecule has 0 radical (unpaired) electrons. The molecule has 0 unspecified atom stereocenters. The van der Waals surface area contributed by atoms with E-state index in [9.17, 15) is 0 Å². The van der Waals surface area contributed by atoms with E-state index in [0.29, 0.717) is 0 Å². The molecule has 4 heavy (non-hydrogen) atoms. The van der Waals surface area contributed by atoms with Crippen molar-refractivity contribution in [1.82, 2.24) is 3.88 Å². The predicted molar refractivity (Wildman–Crippen MR) is 21.7 cm³/mol. The quantitative estimate of drug-likeness (QED) is 0.361. The predicted octanol–water partition coefficient (Wildman–Crippen LogP) is -0.143. The van der Waals surface area contributed by atoms with Gasteiger partial charge in [-0.05, 0) is 0 Å². The summed E-state index contributed by atoms with van der Waals surface area (Å²) in [7, 11) is 3.93. The average molecular weight is 73.1 g/mol. The van der Waals surface area contributed by atoms with Crippen LogP contribution in [0.15, 0.2) is 0 Å². The Balaban J connectivity index is -0.0000000450. The van der Waals surface area contributed by atoms with E-state index in [1.807, 2.05) is 18.0 Å². The van der Waals surface area contributed by atoms with Crippen molar-refractivity contribution in [2.75, 3.05) is 14.1 Å². The van der Waals surface area contributed by atoms with Crippen molar-refractivity contribution in [1.29, 1.82) is 0 Å². The summed E-state index contributed by atoms with van der Waals surface area (Å²) in [4.78, 5) is 0. The Morgan fingerprint density at radius 3 is 1.75 bits per heavy atom. The van der Waals surface area contributed by atoms with Gasteiger partial charge in [-0.15, -0.1) is 0 Å². The first-order valence-electron chi connectivity index (χ1n) is 1.15. The summed E-state index contributed by atoms with van der Waals surface area (Å²) in [5.74, 6) is 0. The van der Waals surface area contributed by atoms with Crippen LogP contribution in [0.25, 0.3) is 0 Å². The molecule has 0 heterocycles. The van der Waals surface area contributed by atoms with Crippen molar-refractivity contribution >= 4 is 16.5 Å². The van der Waals surface area contributed by atoms with Crippen molar-refractivity contribution in [2.24, 2.45) is 0 Å². The van der Waals surface area contributed by atoms with E-state index < -0.39 is 0 Å². The van der Waals surface area contributed by atoms with Crippen LogP contribution in [0, 0.1) is 0 Å². The van der Waals surface area contributed by atoms with Gasteiger partial charge in [-0.2, -0.15) is 0 Å². The molecule has 1 nitrogen and oxygen atoms in total. The van der Waals surface area contributed by atoms with Gasteiger partial charge in [-0.25, -0.2) is 0 Å². The summed E-state index contributed by atoms with van der Waals surface area (Å²) in [5.41, 5.74) is 0. The zero-order valence-corrected chi connectivity index (χ0v) is 4.18. The zero-order valence-electron chi connectivity index (χ0n) is 5.02. The molecule has 0 aliphatic heterocycles. The minimum absolute atomic E-state index is 0. The topological polar surface area (TPSA) is 3.24 Å². The molecule has 0 saturated carbocycles. The van der Waals surface area contributed by atoms with Crippen LogP contribution in [0.2, 0.25) is 0 Å². The first kappa shape index (κ1) is 4.49. The molecule has 0 aliphatic rings. The third kappa shape index (κ3) is 22.9. The molecule has 0 aliphatic carbocycles. The molecule has 0 bridgehead atoms. The third-order valence-corrected chi connectivity index (χ3v) is 0. The fraction of sp³-hybridized carbons (Fsp3) is 1.00. The van der Waals surface area contributed by atoms with Gasteiger partial charge in [0.1, 0.15) is 0 Å². The maximum atomic E-state index is 2.49. The van der Waals surface area contributed by atoms with Crippen LogP contribution in [-0.4, -0.2) is 34.5 Å². The second-order valence-electron chi connectivity index (χ2n) is 0.964. The van der Waals surface area contributed by atoms with Gasteiger partial charge in [0.05, 0.1) is 0 Å². The Morgan fingerprint density at radius 2 is 1.75 bits per heavy atom. The largest absolute Gasteiger partial charge is 1.00 e. The van der Waals surface area contributed by atoms with E-state index in [2.05, 4.69) is 16.5 Å². The van der Waals surface area contributed by atoms with E-state index in [4.69, 9.17) is 0 Å². The molecule has 0 aromatic rings. The van der Waals surface area contributed by atoms with E-state index in [1.54, 1.807) is 0 Å². The first-order chi connectivity index (χ1) is 1.73. The molecule has 24 valence electrons. The minimum atomic E-state index is 0. The van der Waals surface area contributed by atoms with Gasteiger partial charge in [0.25, 0.3) is 0 Å². The molecule has 2 heteroatoms. The minimum Gasteiger partial charge on any atom is -1.00 e. The van der Waals surface area contributed by atoms with Gasteiger partial charge in [0, 0.05) is 0 Å². The molecule has 0 N–H and O–H groups in total. The summed E-state index contributed by atoms with van der Waals surface area (Å²) in [6.45, 7) is 0. The van der Waals surface area contributed by atoms with Crippen LogP contribution >= 0.6 is 0 Å². The van der Waals surface area contributed by atoms with Crippen molar-refractivity contribution in [3.05, 3.63) is 0 Å². The van der Waals surface area contributed by atoms with E-state index in [1.165, 1.54) is 0 Å². The van der Waals surface area contributed by atoms with Crippen LogP contribution in [0.4, 0.5) is 0 Å². The van der Waals surface area contributed by atoms with Gasteiger partial charge in [0.15, 0.2) is 0 Å². The normalized spacial score (nSPS) is 9.25. The molecule has 0 aromatic carbocycles. The van der Waals surface area contributed by atoms with E-state index in [0.717, 1.165) is 0 Å². The molecule has 0 aromatic heterocycles. The number of hydrogen-bond donors (Lipinski definition) is 0. The molecule has 0 fully saturated rings. The van der Waals surface area contributed by atoms with Crippen LogP contribution in [0.1, 0.15) is 2.85 Å². The Labute approximate surface area is 38.2 Å². The zero-order chi connectivity index (χ0) is 3.58. The summed E-state index contributed by atoms with van der Waals surface area (Å²) in [6, 6.07) is 0. The van der Waals surface area contributed by atoms with Gasteiger partial charge in [-0.3, -0.25) is 0 Å². The monoisotopic (exact) mass is 73.0 g/mol. The molecule has 0 atom stereocenters. The number of hydrogen-bond acceptors (Lipinski definition) is 1. The first-order valence-corrected chi connectivity index (χ1v) is 1.67. The number of nitrogens with zero attached hydrogens (tertiary/aromatic N) is 1. The van der Waals surface area contributed by atoms with Gasteiger partial charge in [0.2, 0.25) is 0 Å². The molecular formula is C2H8AlN. The molecule has 0 amide bonds. The van der Waals surface area contributed by atoms with Crippen LogP contribution < -0.4 is 0 Å². The van der Waals surface area contributed by atoms with Crippen molar-refractivity contribution in [3.63, 3.8) is 0 Å². The maximum Gasteiger partial charge on any atom is -1.00 e. The van der Waals surface area contributed by atoms with Gasteiger partial charge in [-0.1, -0.05) is 0 Å². The third-order valence-electron chi connectivity index (χ3n) is 0. The van der Waals surface area contributed by atoms with Gasteiger partial charge >= 0.3 is 34.5 Å². The SMILES string of the molecule is C[N](C)[Al+2].[H-].[H-].